The van der Waals surface area contributed by atoms with Crippen LogP contribution in [0.4, 0.5) is 0 Å². The maximum absolute atomic E-state index is 11.7. The lowest BCUT2D eigenvalue weighted by atomic mass is 10.1. The Kier molecular flexibility index (Phi) is 4.16. The smallest absolute Gasteiger partial charge is 0.317 e. The van der Waals surface area contributed by atoms with Crippen LogP contribution < -0.4 is 11.2 Å². The highest BCUT2D eigenvalue weighted by molar-refractivity contribution is 5.23. The molecule has 0 unspecified atom stereocenters. The molecule has 0 radical (unpaired) electrons. The number of hydrogen-bond donors (Lipinski definition) is 1. The van der Waals surface area contributed by atoms with Crippen LogP contribution in [-0.2, 0) is 13.0 Å². The molecule has 20 heavy (non-hydrogen) atoms. The van der Waals surface area contributed by atoms with Crippen LogP contribution in [-0.4, -0.2) is 16.1 Å². The Morgan fingerprint density at radius 2 is 1.85 bits per heavy atom. The summed E-state index contributed by atoms with van der Waals surface area (Å²) in [5.41, 5.74) is 1.84. The van der Waals surface area contributed by atoms with Crippen molar-refractivity contribution in [1.29, 1.82) is 0 Å². The minimum Gasteiger partial charge on any atom is -0.317 e. The van der Waals surface area contributed by atoms with Crippen LogP contribution in [0, 0.1) is 13.5 Å². The number of nitrogens with one attached hydrogen (secondary N) is 1. The Morgan fingerprint density at radius 1 is 1.20 bits per heavy atom. The highest BCUT2D eigenvalue weighted by Gasteiger charge is 2.02. The summed E-state index contributed by atoms with van der Waals surface area (Å²) in [6.45, 7) is 9.33. The van der Waals surface area contributed by atoms with Crippen LogP contribution in [0.15, 0.2) is 40.1 Å². The predicted octanol–water partition coefficient (Wildman–Crippen LogP) is 1.36. The van der Waals surface area contributed by atoms with E-state index in [1.54, 1.807) is 13.1 Å². The number of aryl methyl sites for hydroxylation is 1. The lowest BCUT2D eigenvalue weighted by Gasteiger charge is -2.06. The first kappa shape index (κ1) is 13.8. The average Bonchev–Trinajstić information content (AvgIpc) is 2.44. The molecule has 0 aliphatic heterocycles. The van der Waals surface area contributed by atoms with Gasteiger partial charge in [0.25, 0.3) is 5.56 Å². The van der Waals surface area contributed by atoms with Gasteiger partial charge >= 0.3 is 5.69 Å². The third kappa shape index (κ3) is 3.23. The van der Waals surface area contributed by atoms with Crippen molar-refractivity contribution < 1.29 is 0 Å². The van der Waals surface area contributed by atoms with Crippen molar-refractivity contribution >= 4 is 0 Å². The zero-order chi connectivity index (χ0) is 14.5. The van der Waals surface area contributed by atoms with E-state index in [-0.39, 0.29) is 5.56 Å². The van der Waals surface area contributed by atoms with Crippen molar-refractivity contribution in [3.8, 4) is 0 Å². The molecule has 2 rings (SSSR count). The molecule has 0 saturated carbocycles. The fourth-order valence-corrected chi connectivity index (χ4v) is 1.93. The van der Waals surface area contributed by atoms with Crippen molar-refractivity contribution in [2.75, 3.05) is 6.54 Å². The maximum atomic E-state index is 11.7. The largest absolute Gasteiger partial charge is 0.328 e. The third-order valence-electron chi connectivity index (χ3n) is 3.08. The number of aromatic nitrogens is 2. The van der Waals surface area contributed by atoms with Crippen LogP contribution in [0.5, 0.6) is 0 Å². The molecule has 0 amide bonds. The number of aromatic amines is 1. The van der Waals surface area contributed by atoms with Gasteiger partial charge in [-0.2, -0.15) is 0 Å². The molecular weight excluding hydrogens is 254 g/mol. The van der Waals surface area contributed by atoms with Gasteiger partial charge in [-0.15, -0.1) is 0 Å². The molecule has 2 aromatic rings. The fourth-order valence-electron chi connectivity index (χ4n) is 1.93. The Bertz CT molecular complexity index is 748. The number of H-pyrrole nitrogens is 1. The standard InChI is InChI=1S/C15H15N3O2/c1-11-9-18(15(20)17-14(11)19)10-13-5-3-12(4-6-13)7-8-16-2/h3-6,9H,7-8,10H2,1H3,(H,17,19,20). The summed E-state index contributed by atoms with van der Waals surface area (Å²) >= 11 is 0. The van der Waals surface area contributed by atoms with E-state index >= 15 is 0 Å². The van der Waals surface area contributed by atoms with Crippen molar-refractivity contribution in [3.05, 3.63) is 79.4 Å². The molecule has 1 aromatic heterocycles. The molecule has 5 nitrogen and oxygen atoms in total. The highest BCUT2D eigenvalue weighted by atomic mass is 16.2. The van der Waals surface area contributed by atoms with Crippen molar-refractivity contribution in [1.82, 2.24) is 9.55 Å². The molecule has 0 bridgehead atoms. The minimum atomic E-state index is -0.405. The van der Waals surface area contributed by atoms with Gasteiger partial charge in [-0.25, -0.2) is 11.4 Å². The molecule has 1 N–H and O–H groups in total. The molecule has 0 saturated heterocycles. The second kappa shape index (κ2) is 6.02. The van der Waals surface area contributed by atoms with Gasteiger partial charge in [0.1, 0.15) is 0 Å². The van der Waals surface area contributed by atoms with Gasteiger partial charge in [0, 0.05) is 18.2 Å². The van der Waals surface area contributed by atoms with Crippen molar-refractivity contribution in [3.63, 3.8) is 0 Å². The van der Waals surface area contributed by atoms with E-state index in [4.69, 9.17) is 6.57 Å². The van der Waals surface area contributed by atoms with Gasteiger partial charge in [-0.05, 0) is 18.1 Å². The molecule has 0 atom stereocenters. The predicted molar refractivity (Wildman–Crippen MR) is 76.8 cm³/mol. The normalized spacial score (nSPS) is 10.2. The summed E-state index contributed by atoms with van der Waals surface area (Å²) in [4.78, 5) is 28.6. The van der Waals surface area contributed by atoms with E-state index in [9.17, 15) is 9.59 Å². The number of nitrogens with zero attached hydrogens (tertiary/aromatic N) is 2. The van der Waals surface area contributed by atoms with Crippen molar-refractivity contribution in [2.24, 2.45) is 0 Å². The van der Waals surface area contributed by atoms with Gasteiger partial charge in [0.15, 0.2) is 0 Å². The van der Waals surface area contributed by atoms with Crippen LogP contribution in [0.25, 0.3) is 4.85 Å². The van der Waals surface area contributed by atoms with E-state index in [2.05, 4.69) is 9.83 Å². The second-order valence-corrected chi connectivity index (χ2v) is 4.65. The first-order valence-corrected chi connectivity index (χ1v) is 6.31. The molecule has 0 aliphatic carbocycles. The molecule has 1 heterocycles. The summed E-state index contributed by atoms with van der Waals surface area (Å²) < 4.78 is 1.48. The average molecular weight is 269 g/mol. The molecular formula is C15H15N3O2. The summed E-state index contributed by atoms with van der Waals surface area (Å²) in [6.07, 6.45) is 2.30. The van der Waals surface area contributed by atoms with Crippen LogP contribution in [0.2, 0.25) is 0 Å². The van der Waals surface area contributed by atoms with Gasteiger partial charge in [-0.3, -0.25) is 14.3 Å². The molecule has 0 spiro atoms. The lowest BCUT2D eigenvalue weighted by molar-refractivity contribution is 0.713. The summed E-state index contributed by atoms with van der Waals surface area (Å²) in [5, 5.41) is 0. The van der Waals surface area contributed by atoms with Gasteiger partial charge in [-0.1, -0.05) is 24.3 Å². The topological polar surface area (TPSA) is 59.2 Å². The molecule has 0 aliphatic rings. The molecule has 102 valence electrons. The number of hydrogen-bond acceptors (Lipinski definition) is 2. The Hall–Kier alpha value is -2.61. The van der Waals surface area contributed by atoms with Crippen LogP contribution in [0.1, 0.15) is 16.7 Å². The van der Waals surface area contributed by atoms with E-state index in [1.807, 2.05) is 24.3 Å². The Balaban J connectivity index is 2.18. The van der Waals surface area contributed by atoms with E-state index in [1.165, 1.54) is 4.57 Å². The number of rotatable bonds is 4. The zero-order valence-corrected chi connectivity index (χ0v) is 11.2. The van der Waals surface area contributed by atoms with E-state index < -0.39 is 5.69 Å². The fraction of sp³-hybridized carbons (Fsp3) is 0.267. The summed E-state index contributed by atoms with van der Waals surface area (Å²) in [5.74, 6) is 0. The molecule has 5 heteroatoms. The SMILES string of the molecule is [C-]#[N+]CCc1ccc(Cn2cc(C)c(=O)[nH]c2=O)cc1. The Morgan fingerprint density at radius 3 is 2.50 bits per heavy atom. The number of benzene rings is 1. The first-order valence-electron chi connectivity index (χ1n) is 6.31. The minimum absolute atomic E-state index is 0.347. The van der Waals surface area contributed by atoms with E-state index in [0.29, 0.717) is 18.7 Å². The van der Waals surface area contributed by atoms with Gasteiger partial charge < -0.3 is 4.85 Å². The quantitative estimate of drug-likeness (QED) is 0.852. The van der Waals surface area contributed by atoms with Gasteiger partial charge in [0.05, 0.1) is 6.54 Å². The van der Waals surface area contributed by atoms with Crippen LogP contribution in [0.3, 0.4) is 0 Å². The third-order valence-corrected chi connectivity index (χ3v) is 3.08. The maximum Gasteiger partial charge on any atom is 0.328 e. The van der Waals surface area contributed by atoms with Crippen LogP contribution >= 0.6 is 0 Å². The summed E-state index contributed by atoms with van der Waals surface area (Å²) in [7, 11) is 0. The van der Waals surface area contributed by atoms with Gasteiger partial charge in [0.2, 0.25) is 6.54 Å². The van der Waals surface area contributed by atoms with Crippen molar-refractivity contribution in [2.45, 2.75) is 19.9 Å². The highest BCUT2D eigenvalue weighted by Crippen LogP contribution is 2.06. The summed E-state index contributed by atoms with van der Waals surface area (Å²) in [6, 6.07) is 7.80. The second-order valence-electron chi connectivity index (χ2n) is 4.65. The monoisotopic (exact) mass is 269 g/mol. The zero-order valence-electron chi connectivity index (χ0n) is 11.2. The molecule has 1 aromatic carbocycles. The lowest BCUT2D eigenvalue weighted by Crippen LogP contribution is -2.31. The first-order chi connectivity index (χ1) is 9.60. The Labute approximate surface area is 116 Å². The van der Waals surface area contributed by atoms with E-state index in [0.717, 1.165) is 17.5 Å². The molecule has 0 fully saturated rings.